The van der Waals surface area contributed by atoms with Gasteiger partial charge in [-0.3, -0.25) is 9.11 Å². The second-order valence-corrected chi connectivity index (χ2v) is 6.68. The number of benzene rings is 2. The van der Waals surface area contributed by atoms with Crippen LogP contribution in [0.5, 0.6) is 11.5 Å². The molecule has 0 radical (unpaired) electrons. The van der Waals surface area contributed by atoms with Gasteiger partial charge in [0.05, 0.1) is 0 Å². The fraction of sp³-hybridized carbons (Fsp3) is 0. The Morgan fingerprint density at radius 1 is 0.800 bits per heavy atom. The number of rotatable bonds is 2. The molecule has 0 atom stereocenters. The highest BCUT2D eigenvalue weighted by atomic mass is 32.2. The molecule has 10 heteroatoms. The normalized spacial score (nSPS) is 12.7. The molecule has 0 aliphatic heterocycles. The molecule has 0 fully saturated rings. The third kappa shape index (κ3) is 2.41. The van der Waals surface area contributed by atoms with E-state index in [1.165, 1.54) is 6.07 Å². The Morgan fingerprint density at radius 3 is 1.80 bits per heavy atom. The molecule has 20 heavy (non-hydrogen) atoms. The first-order valence-corrected chi connectivity index (χ1v) is 7.83. The maximum Gasteiger partial charge on any atom is 0.295 e. The molecule has 0 saturated carbocycles. The van der Waals surface area contributed by atoms with Crippen molar-refractivity contribution in [3.05, 3.63) is 24.3 Å². The van der Waals surface area contributed by atoms with Crippen molar-refractivity contribution in [2.24, 2.45) is 0 Å². The minimum absolute atomic E-state index is 0.0420. The summed E-state index contributed by atoms with van der Waals surface area (Å²) in [6.07, 6.45) is 0. The van der Waals surface area contributed by atoms with E-state index in [4.69, 9.17) is 9.11 Å². The highest BCUT2D eigenvalue weighted by Gasteiger charge is 2.25. The first kappa shape index (κ1) is 14.5. The molecule has 0 heterocycles. The van der Waals surface area contributed by atoms with Crippen molar-refractivity contribution in [2.45, 2.75) is 9.79 Å². The Balaban J connectivity index is 3.06. The zero-order valence-corrected chi connectivity index (χ0v) is 11.2. The lowest BCUT2D eigenvalue weighted by molar-refractivity contribution is 0.408. The third-order valence-corrected chi connectivity index (χ3v) is 4.51. The van der Waals surface area contributed by atoms with Crippen LogP contribution in [0, 0.1) is 0 Å². The molecule has 4 N–H and O–H groups in total. The number of fused-ring (bicyclic) bond motifs is 1. The van der Waals surface area contributed by atoms with Gasteiger partial charge in [0, 0.05) is 5.39 Å². The standard InChI is InChI=1S/C10H8O8S2/c11-7-2-1-5-3-8(19(13,14)15)9(20(16,17)18)4-6(5)10(7)12/h1-4,11-12H,(H,13,14,15)(H,16,17,18). The molecule has 0 amide bonds. The Kier molecular flexibility index (Phi) is 3.13. The van der Waals surface area contributed by atoms with Crippen LogP contribution in [0.15, 0.2) is 34.1 Å². The quantitative estimate of drug-likeness (QED) is 0.467. The molecular weight excluding hydrogens is 312 g/mol. The van der Waals surface area contributed by atoms with Gasteiger partial charge in [-0.15, -0.1) is 0 Å². The van der Waals surface area contributed by atoms with Crippen LogP contribution in [0.3, 0.4) is 0 Å². The van der Waals surface area contributed by atoms with Crippen molar-refractivity contribution in [1.29, 1.82) is 0 Å². The Hall–Kier alpha value is -1.88. The topological polar surface area (TPSA) is 149 Å². The summed E-state index contributed by atoms with van der Waals surface area (Å²) in [6, 6.07) is 3.65. The van der Waals surface area contributed by atoms with E-state index in [9.17, 15) is 27.0 Å². The highest BCUT2D eigenvalue weighted by molar-refractivity contribution is 7.89. The van der Waals surface area contributed by atoms with Crippen molar-refractivity contribution < 1.29 is 36.2 Å². The van der Waals surface area contributed by atoms with Gasteiger partial charge in [-0.2, -0.15) is 16.8 Å². The predicted molar refractivity (Wildman–Crippen MR) is 66.9 cm³/mol. The zero-order valence-electron chi connectivity index (χ0n) is 9.55. The van der Waals surface area contributed by atoms with E-state index in [0.29, 0.717) is 6.07 Å². The van der Waals surface area contributed by atoms with Gasteiger partial charge in [0.15, 0.2) is 11.5 Å². The summed E-state index contributed by atoms with van der Waals surface area (Å²) in [4.78, 5) is -2.13. The summed E-state index contributed by atoms with van der Waals surface area (Å²) in [5.74, 6) is -1.24. The third-order valence-electron chi connectivity index (χ3n) is 2.59. The highest BCUT2D eigenvalue weighted by Crippen LogP contribution is 2.37. The fourth-order valence-corrected chi connectivity index (χ4v) is 3.51. The van der Waals surface area contributed by atoms with Crippen molar-refractivity contribution in [3.63, 3.8) is 0 Å². The molecule has 0 aromatic heterocycles. The second-order valence-electron chi connectivity index (χ2n) is 3.90. The van der Waals surface area contributed by atoms with Crippen molar-refractivity contribution in [3.8, 4) is 11.5 Å². The largest absolute Gasteiger partial charge is 0.504 e. The van der Waals surface area contributed by atoms with Crippen LogP contribution >= 0.6 is 0 Å². The van der Waals surface area contributed by atoms with E-state index in [0.717, 1.165) is 12.1 Å². The van der Waals surface area contributed by atoms with Crippen LogP contribution in [-0.4, -0.2) is 36.2 Å². The average Bonchev–Trinajstić information content (AvgIpc) is 2.30. The van der Waals surface area contributed by atoms with Gasteiger partial charge in [0.25, 0.3) is 20.2 Å². The van der Waals surface area contributed by atoms with Crippen LogP contribution in [0.25, 0.3) is 10.8 Å². The SMILES string of the molecule is O=S(=O)(O)c1cc2ccc(O)c(O)c2cc1S(=O)(=O)O. The van der Waals surface area contributed by atoms with Crippen LogP contribution in [0.4, 0.5) is 0 Å². The van der Waals surface area contributed by atoms with Crippen LogP contribution in [0.1, 0.15) is 0 Å². The molecule has 108 valence electrons. The lowest BCUT2D eigenvalue weighted by atomic mass is 10.1. The molecule has 0 aliphatic carbocycles. The molecule has 0 unspecified atom stereocenters. The van der Waals surface area contributed by atoms with Crippen molar-refractivity contribution >= 4 is 31.0 Å². The van der Waals surface area contributed by atoms with Crippen molar-refractivity contribution in [2.75, 3.05) is 0 Å². The summed E-state index contributed by atoms with van der Waals surface area (Å²) in [6.45, 7) is 0. The van der Waals surface area contributed by atoms with Crippen molar-refractivity contribution in [1.82, 2.24) is 0 Å². The van der Waals surface area contributed by atoms with Gasteiger partial charge in [0.1, 0.15) is 9.79 Å². The minimum Gasteiger partial charge on any atom is -0.504 e. The summed E-state index contributed by atoms with van der Waals surface area (Å²) in [5.41, 5.74) is 0. The molecule has 0 spiro atoms. The maximum atomic E-state index is 11.2. The van der Waals surface area contributed by atoms with Crippen LogP contribution in [0.2, 0.25) is 0 Å². The first-order chi connectivity index (χ1) is 9.01. The lowest BCUT2D eigenvalue weighted by Gasteiger charge is -2.09. The number of hydrogen-bond acceptors (Lipinski definition) is 6. The Labute approximate surface area is 113 Å². The molecular formula is C10H8O8S2. The number of aromatic hydroxyl groups is 2. The van der Waals surface area contributed by atoms with E-state index < -0.39 is 41.5 Å². The summed E-state index contributed by atoms with van der Waals surface area (Å²) < 4.78 is 62.7. The van der Waals surface area contributed by atoms with Gasteiger partial charge in [0.2, 0.25) is 0 Å². The molecule has 0 aliphatic rings. The van der Waals surface area contributed by atoms with E-state index in [2.05, 4.69) is 0 Å². The second kappa shape index (κ2) is 4.31. The molecule has 0 bridgehead atoms. The summed E-state index contributed by atoms with van der Waals surface area (Å²) in [7, 11) is -9.88. The Morgan fingerprint density at radius 2 is 1.30 bits per heavy atom. The van der Waals surface area contributed by atoms with Crippen LogP contribution < -0.4 is 0 Å². The summed E-state index contributed by atoms with van der Waals surface area (Å²) >= 11 is 0. The van der Waals surface area contributed by atoms with E-state index in [-0.39, 0.29) is 10.8 Å². The lowest BCUT2D eigenvalue weighted by Crippen LogP contribution is -2.08. The molecule has 2 rings (SSSR count). The first-order valence-electron chi connectivity index (χ1n) is 4.95. The summed E-state index contributed by atoms with van der Waals surface area (Å²) in [5, 5.41) is 18.8. The molecule has 2 aromatic rings. The van der Waals surface area contributed by atoms with Gasteiger partial charge in [-0.1, -0.05) is 6.07 Å². The van der Waals surface area contributed by atoms with Crippen LogP contribution in [-0.2, 0) is 20.2 Å². The number of phenolic OH excluding ortho intramolecular Hbond substituents is 2. The number of hydrogen-bond donors (Lipinski definition) is 4. The molecule has 8 nitrogen and oxygen atoms in total. The van der Waals surface area contributed by atoms with Gasteiger partial charge >= 0.3 is 0 Å². The fourth-order valence-electron chi connectivity index (χ4n) is 1.71. The monoisotopic (exact) mass is 320 g/mol. The maximum absolute atomic E-state index is 11.2. The smallest absolute Gasteiger partial charge is 0.295 e. The average molecular weight is 320 g/mol. The Bertz CT molecular complexity index is 912. The van der Waals surface area contributed by atoms with Gasteiger partial charge in [-0.05, 0) is 23.6 Å². The van der Waals surface area contributed by atoms with Gasteiger partial charge < -0.3 is 10.2 Å². The number of phenols is 2. The molecule has 0 saturated heterocycles. The zero-order chi connectivity index (χ0) is 15.3. The predicted octanol–water partition coefficient (Wildman–Crippen LogP) is 0.744. The van der Waals surface area contributed by atoms with E-state index >= 15 is 0 Å². The van der Waals surface area contributed by atoms with Gasteiger partial charge in [-0.25, -0.2) is 0 Å². The van der Waals surface area contributed by atoms with E-state index in [1.807, 2.05) is 0 Å². The molecule has 2 aromatic carbocycles. The van der Waals surface area contributed by atoms with E-state index in [1.54, 1.807) is 0 Å². The minimum atomic E-state index is -4.97.